The molecule has 0 aliphatic rings. The van der Waals surface area contributed by atoms with Gasteiger partial charge in [-0.15, -0.1) is 0 Å². The third kappa shape index (κ3) is 6.68. The van der Waals surface area contributed by atoms with Gasteiger partial charge in [0.05, 0.1) is 0 Å². The molecule has 0 aromatic rings. The molecule has 1 nitrogen and oxygen atoms in total. The van der Waals surface area contributed by atoms with E-state index in [0.29, 0.717) is 17.4 Å². The third-order valence-corrected chi connectivity index (χ3v) is 2.18. The summed E-state index contributed by atoms with van der Waals surface area (Å²) in [6, 6.07) is 0.523. The van der Waals surface area contributed by atoms with Gasteiger partial charge in [-0.25, -0.2) is 0 Å². The lowest BCUT2D eigenvalue weighted by molar-refractivity contribution is 0.377. The normalized spacial score (nSPS) is 14.4. The smallest absolute Gasteiger partial charge is 0.0252 e. The van der Waals surface area contributed by atoms with E-state index in [-0.39, 0.29) is 0 Å². The van der Waals surface area contributed by atoms with E-state index in [1.165, 1.54) is 0 Å². The summed E-state index contributed by atoms with van der Waals surface area (Å²) < 4.78 is 0. The fourth-order valence-corrected chi connectivity index (χ4v) is 1.18. The highest BCUT2D eigenvalue weighted by molar-refractivity contribution is 4.96. The SMILES string of the molecule is C=C(CC(C)(C)C)N[C@@H](C)C(C)C. The second-order valence-electron chi connectivity index (χ2n) is 5.52. The number of allylic oxidation sites excluding steroid dienone is 1. The average Bonchev–Trinajstić information content (AvgIpc) is 1.81. The summed E-state index contributed by atoms with van der Waals surface area (Å²) in [6.45, 7) is 17.4. The van der Waals surface area contributed by atoms with Crippen LogP contribution in [0, 0.1) is 11.3 Å². The average molecular weight is 183 g/mol. The van der Waals surface area contributed by atoms with Crippen molar-refractivity contribution in [3.8, 4) is 0 Å². The minimum absolute atomic E-state index is 0.334. The second kappa shape index (κ2) is 4.69. The van der Waals surface area contributed by atoms with E-state index in [1.54, 1.807) is 0 Å². The Balaban J connectivity index is 3.89. The van der Waals surface area contributed by atoms with Crippen molar-refractivity contribution in [1.29, 1.82) is 0 Å². The number of hydrogen-bond acceptors (Lipinski definition) is 1. The fourth-order valence-electron chi connectivity index (χ4n) is 1.18. The summed E-state index contributed by atoms with van der Waals surface area (Å²) in [4.78, 5) is 0. The predicted molar refractivity (Wildman–Crippen MR) is 60.6 cm³/mol. The summed E-state index contributed by atoms with van der Waals surface area (Å²) in [7, 11) is 0. The van der Waals surface area contributed by atoms with E-state index in [9.17, 15) is 0 Å². The lowest BCUT2D eigenvalue weighted by atomic mass is 9.90. The number of hydrogen-bond donors (Lipinski definition) is 1. The molecule has 13 heavy (non-hydrogen) atoms. The molecule has 1 atom stereocenters. The number of rotatable bonds is 4. The second-order valence-corrected chi connectivity index (χ2v) is 5.52. The van der Waals surface area contributed by atoms with Crippen LogP contribution in [0.25, 0.3) is 0 Å². The van der Waals surface area contributed by atoms with Gasteiger partial charge in [-0.2, -0.15) is 0 Å². The molecule has 0 aliphatic heterocycles. The van der Waals surface area contributed by atoms with Gasteiger partial charge >= 0.3 is 0 Å². The Bertz CT molecular complexity index is 162. The Morgan fingerprint density at radius 2 is 1.69 bits per heavy atom. The minimum atomic E-state index is 0.334. The van der Waals surface area contributed by atoms with Crippen molar-refractivity contribution in [2.24, 2.45) is 11.3 Å². The van der Waals surface area contributed by atoms with Crippen LogP contribution < -0.4 is 5.32 Å². The van der Waals surface area contributed by atoms with Crippen LogP contribution in [0.2, 0.25) is 0 Å². The highest BCUT2D eigenvalue weighted by Gasteiger charge is 2.14. The van der Waals surface area contributed by atoms with Crippen LogP contribution in [0.1, 0.15) is 48.0 Å². The van der Waals surface area contributed by atoms with Crippen molar-refractivity contribution in [2.75, 3.05) is 0 Å². The van der Waals surface area contributed by atoms with Crippen molar-refractivity contribution < 1.29 is 0 Å². The first kappa shape index (κ1) is 12.5. The highest BCUT2D eigenvalue weighted by atomic mass is 14.9. The Kier molecular flexibility index (Phi) is 4.52. The Morgan fingerprint density at radius 3 is 2.00 bits per heavy atom. The van der Waals surface area contributed by atoms with Gasteiger partial charge in [0.2, 0.25) is 0 Å². The quantitative estimate of drug-likeness (QED) is 0.702. The molecule has 0 heterocycles. The van der Waals surface area contributed by atoms with E-state index in [0.717, 1.165) is 12.1 Å². The largest absolute Gasteiger partial charge is 0.386 e. The highest BCUT2D eigenvalue weighted by Crippen LogP contribution is 2.22. The standard InChI is InChI=1S/C12H25N/c1-9(2)11(4)13-10(3)8-12(5,6)7/h9,11,13H,3,8H2,1-2,4-7H3/t11-/m0/s1. The maximum atomic E-state index is 4.05. The summed E-state index contributed by atoms with van der Waals surface area (Å²) in [5.74, 6) is 0.664. The molecule has 0 saturated heterocycles. The van der Waals surface area contributed by atoms with Crippen molar-refractivity contribution in [3.05, 3.63) is 12.3 Å². The molecule has 0 saturated carbocycles. The van der Waals surface area contributed by atoms with Crippen LogP contribution in [0.3, 0.4) is 0 Å². The van der Waals surface area contributed by atoms with Gasteiger partial charge in [-0.1, -0.05) is 41.2 Å². The van der Waals surface area contributed by atoms with Gasteiger partial charge < -0.3 is 5.32 Å². The van der Waals surface area contributed by atoms with E-state index in [4.69, 9.17) is 0 Å². The van der Waals surface area contributed by atoms with Gasteiger partial charge in [-0.3, -0.25) is 0 Å². The lowest BCUT2D eigenvalue weighted by Gasteiger charge is -2.25. The minimum Gasteiger partial charge on any atom is -0.386 e. The Labute approximate surface area is 83.6 Å². The molecular weight excluding hydrogens is 158 g/mol. The van der Waals surface area contributed by atoms with Gasteiger partial charge in [0.25, 0.3) is 0 Å². The molecule has 1 N–H and O–H groups in total. The predicted octanol–water partition coefficient (Wildman–Crippen LogP) is 3.57. The zero-order valence-corrected chi connectivity index (χ0v) is 10.1. The van der Waals surface area contributed by atoms with E-state index >= 15 is 0 Å². The molecule has 0 amide bonds. The molecule has 0 bridgehead atoms. The monoisotopic (exact) mass is 183 g/mol. The summed E-state index contributed by atoms with van der Waals surface area (Å²) in [5, 5.41) is 3.44. The molecule has 0 fully saturated rings. The molecule has 0 aliphatic carbocycles. The van der Waals surface area contributed by atoms with E-state index in [2.05, 4.69) is 53.4 Å². The molecule has 78 valence electrons. The van der Waals surface area contributed by atoms with Crippen molar-refractivity contribution in [3.63, 3.8) is 0 Å². The van der Waals surface area contributed by atoms with Crippen LogP contribution in [0.15, 0.2) is 12.3 Å². The molecule has 0 rings (SSSR count). The van der Waals surface area contributed by atoms with E-state index < -0.39 is 0 Å². The molecule has 0 radical (unpaired) electrons. The van der Waals surface area contributed by atoms with Crippen molar-refractivity contribution in [2.45, 2.75) is 54.0 Å². The Hall–Kier alpha value is -0.460. The van der Waals surface area contributed by atoms with Crippen LogP contribution in [0.5, 0.6) is 0 Å². The zero-order valence-electron chi connectivity index (χ0n) is 10.1. The van der Waals surface area contributed by atoms with Gasteiger partial charge in [0.15, 0.2) is 0 Å². The summed E-state index contributed by atoms with van der Waals surface area (Å²) in [5.41, 5.74) is 1.49. The zero-order chi connectivity index (χ0) is 10.6. The molecule has 0 aromatic heterocycles. The van der Waals surface area contributed by atoms with Crippen LogP contribution in [-0.2, 0) is 0 Å². The molecule has 0 aromatic carbocycles. The first-order valence-corrected chi connectivity index (χ1v) is 5.16. The van der Waals surface area contributed by atoms with Gasteiger partial charge in [-0.05, 0) is 24.7 Å². The molecular formula is C12H25N. The molecule has 0 spiro atoms. The van der Waals surface area contributed by atoms with Gasteiger partial charge in [0.1, 0.15) is 0 Å². The maximum absolute atomic E-state index is 4.05. The summed E-state index contributed by atoms with van der Waals surface area (Å²) >= 11 is 0. The Morgan fingerprint density at radius 1 is 1.23 bits per heavy atom. The lowest BCUT2D eigenvalue weighted by Crippen LogP contribution is -2.31. The first-order valence-electron chi connectivity index (χ1n) is 5.16. The summed E-state index contributed by atoms with van der Waals surface area (Å²) in [6.07, 6.45) is 1.05. The van der Waals surface area contributed by atoms with Crippen LogP contribution in [0.4, 0.5) is 0 Å². The number of nitrogens with one attached hydrogen (secondary N) is 1. The van der Waals surface area contributed by atoms with Crippen molar-refractivity contribution >= 4 is 0 Å². The molecule has 0 unspecified atom stereocenters. The molecule has 1 heteroatoms. The van der Waals surface area contributed by atoms with Crippen molar-refractivity contribution in [1.82, 2.24) is 5.32 Å². The fraction of sp³-hybridized carbons (Fsp3) is 0.833. The third-order valence-electron chi connectivity index (χ3n) is 2.18. The van der Waals surface area contributed by atoms with Gasteiger partial charge in [0, 0.05) is 11.7 Å². The van der Waals surface area contributed by atoms with Crippen LogP contribution >= 0.6 is 0 Å². The van der Waals surface area contributed by atoms with Crippen LogP contribution in [-0.4, -0.2) is 6.04 Å². The van der Waals surface area contributed by atoms with E-state index in [1.807, 2.05) is 0 Å². The topological polar surface area (TPSA) is 12.0 Å². The maximum Gasteiger partial charge on any atom is 0.0252 e. The first-order chi connectivity index (χ1) is 5.72.